The fraction of sp³-hybridized carbons (Fsp3) is 0.409. The number of benzene rings is 2. The molecule has 0 bridgehead atoms. The number of ether oxygens (including phenoxy) is 1. The molecule has 30 heavy (non-hydrogen) atoms. The SMILES string of the molecule is Cc1cc(Br)cc(C)c1NC(=O)COc1ccc(S(=O)(=O)N2CCCCCC2)cc1. The van der Waals surface area contributed by atoms with Crippen molar-refractivity contribution in [1.82, 2.24) is 4.31 Å². The average molecular weight is 495 g/mol. The molecule has 1 fully saturated rings. The third-order valence-corrected chi connectivity index (χ3v) is 7.53. The molecule has 3 rings (SSSR count). The number of carbonyl (C=O) groups is 1. The second kappa shape index (κ2) is 9.94. The first-order valence-corrected chi connectivity index (χ1v) is 12.3. The standard InChI is InChI=1S/C22H27BrN2O4S/c1-16-13-18(23)14-17(2)22(16)24-21(26)15-29-19-7-9-20(10-8-19)30(27,28)25-11-5-3-4-6-12-25/h7-10,13-14H,3-6,11-12,15H2,1-2H3,(H,24,26). The van der Waals surface area contributed by atoms with Gasteiger partial charge in [-0.3, -0.25) is 4.79 Å². The zero-order chi connectivity index (χ0) is 21.7. The minimum absolute atomic E-state index is 0.160. The van der Waals surface area contributed by atoms with Crippen molar-refractivity contribution in [2.45, 2.75) is 44.4 Å². The van der Waals surface area contributed by atoms with Gasteiger partial charge in [-0.05, 0) is 74.2 Å². The van der Waals surface area contributed by atoms with E-state index >= 15 is 0 Å². The molecule has 1 aliphatic rings. The number of rotatable bonds is 6. The first kappa shape index (κ1) is 22.8. The lowest BCUT2D eigenvalue weighted by molar-refractivity contribution is -0.118. The number of anilines is 1. The van der Waals surface area contributed by atoms with E-state index in [1.807, 2.05) is 26.0 Å². The van der Waals surface area contributed by atoms with Gasteiger partial charge in [0.2, 0.25) is 10.0 Å². The Balaban J connectivity index is 1.60. The van der Waals surface area contributed by atoms with Crippen LogP contribution in [0.5, 0.6) is 5.75 Å². The predicted octanol–water partition coefficient (Wildman–Crippen LogP) is 4.65. The Bertz CT molecular complexity index is 975. The lowest BCUT2D eigenvalue weighted by Crippen LogP contribution is -2.31. The summed E-state index contributed by atoms with van der Waals surface area (Å²) in [5.74, 6) is 0.175. The Kier molecular flexibility index (Phi) is 7.55. The first-order valence-electron chi connectivity index (χ1n) is 10.1. The van der Waals surface area contributed by atoms with Crippen LogP contribution < -0.4 is 10.1 Å². The number of nitrogens with one attached hydrogen (secondary N) is 1. The van der Waals surface area contributed by atoms with E-state index in [2.05, 4.69) is 21.2 Å². The van der Waals surface area contributed by atoms with Gasteiger partial charge in [-0.1, -0.05) is 28.8 Å². The van der Waals surface area contributed by atoms with Crippen molar-refractivity contribution in [3.63, 3.8) is 0 Å². The van der Waals surface area contributed by atoms with Crippen molar-refractivity contribution in [3.05, 3.63) is 52.0 Å². The molecule has 1 aliphatic heterocycles. The summed E-state index contributed by atoms with van der Waals surface area (Å²) >= 11 is 3.44. The molecule has 0 saturated carbocycles. The summed E-state index contributed by atoms with van der Waals surface area (Å²) in [7, 11) is -3.49. The van der Waals surface area contributed by atoms with Gasteiger partial charge >= 0.3 is 0 Å². The van der Waals surface area contributed by atoms with Crippen LogP contribution in [0.15, 0.2) is 45.8 Å². The zero-order valence-corrected chi connectivity index (χ0v) is 19.7. The van der Waals surface area contributed by atoms with Gasteiger partial charge in [-0.2, -0.15) is 4.31 Å². The van der Waals surface area contributed by atoms with Gasteiger partial charge in [0.25, 0.3) is 5.91 Å². The number of aryl methyl sites for hydroxylation is 2. The van der Waals surface area contributed by atoms with Gasteiger partial charge in [0.15, 0.2) is 6.61 Å². The molecule has 8 heteroatoms. The molecule has 0 unspecified atom stereocenters. The van der Waals surface area contributed by atoms with Crippen molar-refractivity contribution in [3.8, 4) is 5.75 Å². The fourth-order valence-corrected chi connectivity index (χ4v) is 5.77. The highest BCUT2D eigenvalue weighted by Gasteiger charge is 2.25. The molecule has 6 nitrogen and oxygen atoms in total. The summed E-state index contributed by atoms with van der Waals surface area (Å²) in [6.07, 6.45) is 3.93. The Hall–Kier alpha value is -1.90. The average Bonchev–Trinajstić information content (AvgIpc) is 2.99. The van der Waals surface area contributed by atoms with Crippen LogP contribution >= 0.6 is 15.9 Å². The molecule has 1 N–H and O–H groups in total. The quantitative estimate of drug-likeness (QED) is 0.633. The Morgan fingerprint density at radius 3 is 2.17 bits per heavy atom. The summed E-state index contributed by atoms with van der Waals surface area (Å²) in [5.41, 5.74) is 2.68. The molecule has 0 atom stereocenters. The molecule has 2 aromatic carbocycles. The van der Waals surface area contributed by atoms with Gasteiger partial charge < -0.3 is 10.1 Å². The normalized spacial score (nSPS) is 15.4. The molecule has 1 saturated heterocycles. The van der Waals surface area contributed by atoms with E-state index in [4.69, 9.17) is 4.74 Å². The van der Waals surface area contributed by atoms with Crippen LogP contribution in [0.4, 0.5) is 5.69 Å². The third-order valence-electron chi connectivity index (χ3n) is 5.16. The maximum Gasteiger partial charge on any atom is 0.262 e. The van der Waals surface area contributed by atoms with E-state index in [1.165, 1.54) is 12.1 Å². The van der Waals surface area contributed by atoms with Gasteiger partial charge in [0, 0.05) is 23.2 Å². The van der Waals surface area contributed by atoms with Gasteiger partial charge in [-0.15, -0.1) is 0 Å². The van der Waals surface area contributed by atoms with Crippen molar-refractivity contribution in [2.24, 2.45) is 0 Å². The molecule has 0 aromatic heterocycles. The van der Waals surface area contributed by atoms with Gasteiger partial charge in [0.1, 0.15) is 5.75 Å². The Morgan fingerprint density at radius 1 is 1.03 bits per heavy atom. The lowest BCUT2D eigenvalue weighted by Gasteiger charge is -2.20. The summed E-state index contributed by atoms with van der Waals surface area (Å²) in [4.78, 5) is 12.5. The monoisotopic (exact) mass is 494 g/mol. The number of halogens is 1. The fourth-order valence-electron chi connectivity index (χ4n) is 3.57. The molecule has 1 amide bonds. The number of nitrogens with zero attached hydrogens (tertiary/aromatic N) is 1. The van der Waals surface area contributed by atoms with Crippen molar-refractivity contribution in [1.29, 1.82) is 0 Å². The molecular formula is C22H27BrN2O4S. The van der Waals surface area contributed by atoms with Gasteiger partial charge in [-0.25, -0.2) is 8.42 Å². The van der Waals surface area contributed by atoms with E-state index in [0.717, 1.165) is 47.0 Å². The van der Waals surface area contributed by atoms with Crippen molar-refractivity contribution >= 4 is 37.5 Å². The zero-order valence-electron chi connectivity index (χ0n) is 17.3. The molecule has 0 spiro atoms. The molecule has 162 valence electrons. The molecule has 0 radical (unpaired) electrons. The van der Waals surface area contributed by atoms with Crippen LogP contribution in [0.25, 0.3) is 0 Å². The number of hydrogen-bond acceptors (Lipinski definition) is 4. The van der Waals surface area contributed by atoms with Crippen LogP contribution in [0, 0.1) is 13.8 Å². The summed E-state index contributed by atoms with van der Waals surface area (Å²) in [6, 6.07) is 10.1. The topological polar surface area (TPSA) is 75.7 Å². The number of hydrogen-bond donors (Lipinski definition) is 1. The summed E-state index contributed by atoms with van der Waals surface area (Å²) < 4.78 is 33.7. The van der Waals surface area contributed by atoms with E-state index in [0.29, 0.717) is 18.8 Å². The first-order chi connectivity index (χ1) is 14.3. The van der Waals surface area contributed by atoms with Crippen LogP contribution in [-0.2, 0) is 14.8 Å². The Labute approximate surface area is 186 Å². The van der Waals surface area contributed by atoms with Crippen LogP contribution in [0.2, 0.25) is 0 Å². The van der Waals surface area contributed by atoms with Crippen LogP contribution in [0.1, 0.15) is 36.8 Å². The van der Waals surface area contributed by atoms with Crippen molar-refractivity contribution in [2.75, 3.05) is 25.0 Å². The lowest BCUT2D eigenvalue weighted by atomic mass is 10.1. The molecule has 1 heterocycles. The minimum atomic E-state index is -3.49. The van der Waals surface area contributed by atoms with E-state index in [-0.39, 0.29) is 17.4 Å². The molecule has 0 aliphatic carbocycles. The van der Waals surface area contributed by atoms with E-state index in [1.54, 1.807) is 16.4 Å². The van der Waals surface area contributed by atoms with Gasteiger partial charge in [0.05, 0.1) is 4.90 Å². The smallest absolute Gasteiger partial charge is 0.262 e. The summed E-state index contributed by atoms with van der Waals surface area (Å²) in [6.45, 7) is 4.83. The number of sulfonamides is 1. The second-order valence-corrected chi connectivity index (χ2v) is 10.4. The minimum Gasteiger partial charge on any atom is -0.484 e. The second-order valence-electron chi connectivity index (χ2n) is 7.54. The Morgan fingerprint density at radius 2 is 1.60 bits per heavy atom. The van der Waals surface area contributed by atoms with E-state index < -0.39 is 10.0 Å². The van der Waals surface area contributed by atoms with Crippen LogP contribution in [0.3, 0.4) is 0 Å². The molecular weight excluding hydrogens is 468 g/mol. The maximum atomic E-state index is 12.8. The largest absolute Gasteiger partial charge is 0.484 e. The number of carbonyl (C=O) groups excluding carboxylic acids is 1. The molecule has 2 aromatic rings. The highest BCUT2D eigenvalue weighted by atomic mass is 79.9. The summed E-state index contributed by atoms with van der Waals surface area (Å²) in [5, 5.41) is 2.87. The number of amides is 1. The highest BCUT2D eigenvalue weighted by molar-refractivity contribution is 9.10. The predicted molar refractivity (Wildman–Crippen MR) is 121 cm³/mol. The van der Waals surface area contributed by atoms with Crippen LogP contribution in [-0.4, -0.2) is 38.3 Å². The third kappa shape index (κ3) is 5.62. The van der Waals surface area contributed by atoms with Crippen molar-refractivity contribution < 1.29 is 17.9 Å². The maximum absolute atomic E-state index is 12.8. The van der Waals surface area contributed by atoms with E-state index in [9.17, 15) is 13.2 Å². The highest BCUT2D eigenvalue weighted by Crippen LogP contribution is 2.25.